The molecule has 0 aliphatic heterocycles. The van der Waals surface area contributed by atoms with Crippen molar-refractivity contribution in [2.45, 2.75) is 20.8 Å². The number of anilines is 2. The minimum Gasteiger partial charge on any atom is -0.326 e. The fourth-order valence-electron chi connectivity index (χ4n) is 1.89. The monoisotopic (exact) mass is 364 g/mol. The number of hydrogen-bond donors (Lipinski definition) is 2. The first-order valence-electron chi connectivity index (χ1n) is 7.34. The summed E-state index contributed by atoms with van der Waals surface area (Å²) in [6, 6.07) is 11.5. The maximum absolute atomic E-state index is 12.4. The second-order valence-electron chi connectivity index (χ2n) is 6.40. The number of hydrogen-bond acceptors (Lipinski definition) is 2. The molecule has 2 aromatic carbocycles. The minimum atomic E-state index is -0.518. The van der Waals surface area contributed by atoms with Crippen LogP contribution in [0.3, 0.4) is 0 Å². The molecule has 0 aliphatic rings. The molecule has 0 aliphatic carbocycles. The van der Waals surface area contributed by atoms with Gasteiger partial charge in [-0.1, -0.05) is 50.0 Å². The van der Waals surface area contributed by atoms with Gasteiger partial charge in [0, 0.05) is 32.4 Å². The van der Waals surface area contributed by atoms with Crippen LogP contribution in [0.1, 0.15) is 31.1 Å². The predicted octanol–water partition coefficient (Wildman–Crippen LogP) is 5.23. The smallest absolute Gasteiger partial charge is 0.255 e. The zero-order chi connectivity index (χ0) is 17.9. The highest BCUT2D eigenvalue weighted by Crippen LogP contribution is 2.23. The van der Waals surface area contributed by atoms with Crippen molar-refractivity contribution in [1.82, 2.24) is 0 Å². The molecular formula is C18H18Cl2N2O2. The molecule has 4 nitrogen and oxygen atoms in total. The van der Waals surface area contributed by atoms with E-state index >= 15 is 0 Å². The molecule has 0 aromatic heterocycles. The Morgan fingerprint density at radius 1 is 0.875 bits per heavy atom. The molecule has 0 saturated carbocycles. The topological polar surface area (TPSA) is 58.2 Å². The lowest BCUT2D eigenvalue weighted by molar-refractivity contribution is -0.123. The van der Waals surface area contributed by atoms with Gasteiger partial charge in [0.25, 0.3) is 5.91 Å². The van der Waals surface area contributed by atoms with E-state index in [4.69, 9.17) is 23.2 Å². The first-order chi connectivity index (χ1) is 11.1. The second-order valence-corrected chi connectivity index (χ2v) is 7.27. The molecule has 0 bridgehead atoms. The van der Waals surface area contributed by atoms with E-state index in [-0.39, 0.29) is 11.8 Å². The lowest BCUT2D eigenvalue weighted by atomic mass is 9.95. The van der Waals surface area contributed by atoms with Crippen molar-refractivity contribution in [3.05, 3.63) is 58.1 Å². The second kappa shape index (κ2) is 7.24. The Morgan fingerprint density at radius 2 is 1.50 bits per heavy atom. The molecule has 6 heteroatoms. The highest BCUT2D eigenvalue weighted by atomic mass is 35.5. The average molecular weight is 365 g/mol. The Morgan fingerprint density at radius 3 is 2.08 bits per heavy atom. The van der Waals surface area contributed by atoms with Crippen molar-refractivity contribution in [2.75, 3.05) is 10.6 Å². The Kier molecular flexibility index (Phi) is 5.52. The van der Waals surface area contributed by atoms with E-state index in [9.17, 15) is 9.59 Å². The van der Waals surface area contributed by atoms with Crippen molar-refractivity contribution in [3.63, 3.8) is 0 Å². The maximum Gasteiger partial charge on any atom is 0.255 e. The van der Waals surface area contributed by atoms with E-state index in [2.05, 4.69) is 10.6 Å². The van der Waals surface area contributed by atoms with E-state index in [1.54, 1.807) is 42.5 Å². The van der Waals surface area contributed by atoms with Gasteiger partial charge in [0.1, 0.15) is 0 Å². The number of carbonyl (C=O) groups is 2. The number of carbonyl (C=O) groups excluding carboxylic acids is 2. The number of rotatable bonds is 3. The first-order valence-corrected chi connectivity index (χ1v) is 8.10. The standard InChI is InChI=1S/C18H18Cl2N2O2/c1-18(2,3)17(24)22-14-6-4-5-11(7-14)16(23)21-15-9-12(19)8-13(20)10-15/h4-10H,1-3H3,(H,21,23)(H,22,24). The number of benzene rings is 2. The molecule has 0 heterocycles. The van der Waals surface area contributed by atoms with E-state index < -0.39 is 5.41 Å². The number of halogens is 2. The molecule has 0 radical (unpaired) electrons. The van der Waals surface area contributed by atoms with Gasteiger partial charge in [-0.15, -0.1) is 0 Å². The van der Waals surface area contributed by atoms with Crippen molar-refractivity contribution in [2.24, 2.45) is 5.41 Å². The fourth-order valence-corrected chi connectivity index (χ4v) is 2.41. The minimum absolute atomic E-state index is 0.123. The summed E-state index contributed by atoms with van der Waals surface area (Å²) in [7, 11) is 0. The van der Waals surface area contributed by atoms with Gasteiger partial charge in [-0.2, -0.15) is 0 Å². The third-order valence-corrected chi connectivity index (χ3v) is 3.62. The van der Waals surface area contributed by atoms with Crippen LogP contribution in [0.2, 0.25) is 10.0 Å². The van der Waals surface area contributed by atoms with Gasteiger partial charge in [-0.3, -0.25) is 9.59 Å². The van der Waals surface area contributed by atoms with Crippen molar-refractivity contribution >= 4 is 46.4 Å². The van der Waals surface area contributed by atoms with Crippen molar-refractivity contribution in [1.29, 1.82) is 0 Å². The highest BCUT2D eigenvalue weighted by Gasteiger charge is 2.21. The normalized spacial score (nSPS) is 11.0. The summed E-state index contributed by atoms with van der Waals surface area (Å²) in [6.45, 7) is 5.46. The van der Waals surface area contributed by atoms with Gasteiger partial charge in [-0.25, -0.2) is 0 Å². The SMILES string of the molecule is CC(C)(C)C(=O)Nc1cccc(C(=O)Nc2cc(Cl)cc(Cl)c2)c1. The van der Waals surface area contributed by atoms with Crippen molar-refractivity contribution < 1.29 is 9.59 Å². The van der Waals surface area contributed by atoms with Crippen molar-refractivity contribution in [3.8, 4) is 0 Å². The summed E-state index contributed by atoms with van der Waals surface area (Å²) in [5, 5.41) is 6.40. The molecule has 24 heavy (non-hydrogen) atoms. The van der Waals surface area contributed by atoms with Gasteiger partial charge < -0.3 is 10.6 Å². The average Bonchev–Trinajstić information content (AvgIpc) is 2.45. The van der Waals surface area contributed by atoms with Crippen LogP contribution in [0.15, 0.2) is 42.5 Å². The number of amides is 2. The quantitative estimate of drug-likeness (QED) is 0.782. The molecule has 2 rings (SSSR count). The van der Waals surface area contributed by atoms with Gasteiger partial charge in [0.2, 0.25) is 5.91 Å². The lowest BCUT2D eigenvalue weighted by Gasteiger charge is -2.18. The summed E-state index contributed by atoms with van der Waals surface area (Å²) < 4.78 is 0. The van der Waals surface area contributed by atoms with E-state index in [1.165, 1.54) is 0 Å². The zero-order valence-corrected chi connectivity index (χ0v) is 15.1. The van der Waals surface area contributed by atoms with Crippen LogP contribution in [-0.2, 0) is 4.79 Å². The Hall–Kier alpha value is -2.04. The molecule has 0 spiro atoms. The van der Waals surface area contributed by atoms with Gasteiger partial charge >= 0.3 is 0 Å². The van der Waals surface area contributed by atoms with Gasteiger partial charge in [0.15, 0.2) is 0 Å². The summed E-state index contributed by atoms with van der Waals surface area (Å²) in [5.41, 5.74) is 0.960. The largest absolute Gasteiger partial charge is 0.326 e. The summed E-state index contributed by atoms with van der Waals surface area (Å²) >= 11 is 11.8. The molecule has 0 unspecified atom stereocenters. The molecule has 0 atom stereocenters. The Bertz CT molecular complexity index is 763. The molecule has 126 valence electrons. The van der Waals surface area contributed by atoms with Crippen LogP contribution >= 0.6 is 23.2 Å². The molecule has 0 fully saturated rings. The van der Waals surface area contributed by atoms with Crippen LogP contribution in [0.5, 0.6) is 0 Å². The summed E-state index contributed by atoms with van der Waals surface area (Å²) in [5.74, 6) is -0.443. The number of nitrogens with one attached hydrogen (secondary N) is 2. The predicted molar refractivity (Wildman–Crippen MR) is 98.9 cm³/mol. The lowest BCUT2D eigenvalue weighted by Crippen LogP contribution is -2.27. The zero-order valence-electron chi connectivity index (χ0n) is 13.6. The first kappa shape index (κ1) is 18.3. The molecule has 2 N–H and O–H groups in total. The van der Waals surface area contributed by atoms with Crippen LogP contribution < -0.4 is 10.6 Å². The van der Waals surface area contributed by atoms with Gasteiger partial charge in [0.05, 0.1) is 0 Å². The van der Waals surface area contributed by atoms with Crippen LogP contribution in [0, 0.1) is 5.41 Å². The summed E-state index contributed by atoms with van der Waals surface area (Å²) in [6.07, 6.45) is 0. The molecule has 2 amide bonds. The highest BCUT2D eigenvalue weighted by molar-refractivity contribution is 6.35. The summed E-state index contributed by atoms with van der Waals surface area (Å²) in [4.78, 5) is 24.4. The van der Waals surface area contributed by atoms with E-state index in [1.807, 2.05) is 20.8 Å². The van der Waals surface area contributed by atoms with Crippen LogP contribution in [-0.4, -0.2) is 11.8 Å². The Labute approximate surface area is 151 Å². The molecular weight excluding hydrogens is 347 g/mol. The fraction of sp³-hybridized carbons (Fsp3) is 0.222. The molecule has 0 saturated heterocycles. The van der Waals surface area contributed by atoms with E-state index in [0.29, 0.717) is 27.0 Å². The molecule has 2 aromatic rings. The Balaban J connectivity index is 2.15. The van der Waals surface area contributed by atoms with Crippen LogP contribution in [0.4, 0.5) is 11.4 Å². The third-order valence-electron chi connectivity index (χ3n) is 3.18. The van der Waals surface area contributed by atoms with Crippen LogP contribution in [0.25, 0.3) is 0 Å². The van der Waals surface area contributed by atoms with Gasteiger partial charge in [-0.05, 0) is 36.4 Å². The van der Waals surface area contributed by atoms with E-state index in [0.717, 1.165) is 0 Å². The maximum atomic E-state index is 12.4. The third kappa shape index (κ3) is 4.98.